The molecule has 14 nitrogen and oxygen atoms in total. The first-order valence-electron chi connectivity index (χ1n) is 19.8. The SMILES string of the molecule is C=CCCCCCN(NC(=O)NC(=O)OC(C)(C)C)C(=O)[C@@H]1C[C@H](Oc2cc(-c3ccccc3)nc3cc(OC)ccc23)C[C@H]1C(=O)N[C@]1(C(=O)OCC)C[C@H]1C=C. The van der Waals surface area contributed by atoms with Gasteiger partial charge in [-0.1, -0.05) is 48.9 Å². The normalized spacial score (nSPS) is 20.9. The number of alkyl carbamates (subject to hydrolysis) is 1. The Hall–Kier alpha value is -5.92. The van der Waals surface area contributed by atoms with E-state index in [0.717, 1.165) is 29.8 Å². The number of carbonyl (C=O) groups excluding carboxylic acids is 5. The Morgan fingerprint density at radius 2 is 1.72 bits per heavy atom. The second kappa shape index (κ2) is 19.0. The molecule has 310 valence electrons. The molecule has 2 fully saturated rings. The van der Waals surface area contributed by atoms with Crippen molar-refractivity contribution in [3.8, 4) is 22.8 Å². The zero-order chi connectivity index (χ0) is 42.0. The van der Waals surface area contributed by atoms with Crippen molar-refractivity contribution < 1.29 is 42.9 Å². The molecule has 0 unspecified atom stereocenters. The van der Waals surface area contributed by atoms with Gasteiger partial charge in [-0.15, -0.1) is 13.2 Å². The summed E-state index contributed by atoms with van der Waals surface area (Å²) in [5, 5.41) is 6.89. The number of benzene rings is 2. The van der Waals surface area contributed by atoms with Gasteiger partial charge in [-0.2, -0.15) is 0 Å². The molecule has 58 heavy (non-hydrogen) atoms. The number of hydrogen-bond acceptors (Lipinski definition) is 10. The lowest BCUT2D eigenvalue weighted by molar-refractivity contribution is -0.150. The predicted molar refractivity (Wildman–Crippen MR) is 218 cm³/mol. The Balaban J connectivity index is 1.48. The second-order valence-electron chi connectivity index (χ2n) is 15.6. The number of hydrazine groups is 1. The van der Waals surface area contributed by atoms with Crippen LogP contribution in [0.4, 0.5) is 9.59 Å². The van der Waals surface area contributed by atoms with E-state index in [-0.39, 0.29) is 31.9 Å². The van der Waals surface area contributed by atoms with E-state index >= 15 is 0 Å². The van der Waals surface area contributed by atoms with Crippen LogP contribution in [0.1, 0.15) is 72.6 Å². The fraction of sp³-hybridized carbons (Fsp3) is 0.455. The minimum Gasteiger partial charge on any atom is -0.497 e. The van der Waals surface area contributed by atoms with Crippen LogP contribution in [0.15, 0.2) is 79.9 Å². The van der Waals surface area contributed by atoms with Gasteiger partial charge in [0.2, 0.25) is 11.8 Å². The van der Waals surface area contributed by atoms with E-state index in [9.17, 15) is 24.0 Å². The Bertz CT molecular complexity index is 2000. The first-order valence-corrected chi connectivity index (χ1v) is 19.8. The van der Waals surface area contributed by atoms with E-state index in [2.05, 4.69) is 29.2 Å². The molecule has 2 aliphatic rings. The van der Waals surface area contributed by atoms with Gasteiger partial charge in [-0.3, -0.25) is 14.6 Å². The summed E-state index contributed by atoms with van der Waals surface area (Å²) in [6, 6.07) is 15.9. The third kappa shape index (κ3) is 10.7. The summed E-state index contributed by atoms with van der Waals surface area (Å²) in [4.78, 5) is 72.7. The number of carbonyl (C=O) groups is 5. The van der Waals surface area contributed by atoms with Crippen LogP contribution in [0.5, 0.6) is 11.5 Å². The maximum Gasteiger partial charge on any atom is 0.415 e. The quantitative estimate of drug-likeness (QED) is 0.0591. The molecule has 3 N–H and O–H groups in total. The van der Waals surface area contributed by atoms with Crippen LogP contribution in [-0.4, -0.2) is 77.4 Å². The topological polar surface area (TPSA) is 174 Å². The molecule has 0 bridgehead atoms. The van der Waals surface area contributed by atoms with E-state index in [1.807, 2.05) is 54.6 Å². The summed E-state index contributed by atoms with van der Waals surface area (Å²) in [6.07, 6.45) is 5.11. The Morgan fingerprint density at radius 1 is 0.983 bits per heavy atom. The maximum absolute atomic E-state index is 14.7. The molecule has 1 aromatic heterocycles. The van der Waals surface area contributed by atoms with Crippen molar-refractivity contribution in [1.82, 2.24) is 26.1 Å². The lowest BCUT2D eigenvalue weighted by Gasteiger charge is -2.29. The van der Waals surface area contributed by atoms with Crippen molar-refractivity contribution in [3.05, 3.63) is 79.9 Å². The minimum atomic E-state index is -1.30. The van der Waals surface area contributed by atoms with Gasteiger partial charge >= 0.3 is 18.1 Å². The summed E-state index contributed by atoms with van der Waals surface area (Å²) < 4.78 is 22.8. The highest BCUT2D eigenvalue weighted by Crippen LogP contribution is 2.47. The van der Waals surface area contributed by atoms with Crippen LogP contribution in [-0.2, 0) is 23.9 Å². The molecule has 2 aliphatic carbocycles. The number of amides is 5. The summed E-state index contributed by atoms with van der Waals surface area (Å²) >= 11 is 0. The fourth-order valence-electron chi connectivity index (χ4n) is 7.27. The summed E-state index contributed by atoms with van der Waals surface area (Å²) in [5.74, 6) is -2.87. The van der Waals surface area contributed by atoms with Gasteiger partial charge in [0.15, 0.2) is 0 Å². The molecule has 2 saturated carbocycles. The zero-order valence-corrected chi connectivity index (χ0v) is 34.0. The van der Waals surface area contributed by atoms with E-state index in [0.29, 0.717) is 40.9 Å². The zero-order valence-electron chi connectivity index (χ0n) is 34.0. The highest BCUT2D eigenvalue weighted by atomic mass is 16.6. The maximum atomic E-state index is 14.7. The number of rotatable bonds is 16. The Kier molecular flexibility index (Phi) is 14.2. The lowest BCUT2D eigenvalue weighted by atomic mass is 9.93. The van der Waals surface area contributed by atoms with E-state index in [1.54, 1.807) is 46.9 Å². The fourth-order valence-corrected chi connectivity index (χ4v) is 7.27. The average Bonchev–Trinajstić information content (AvgIpc) is 3.75. The second-order valence-corrected chi connectivity index (χ2v) is 15.6. The number of imide groups is 1. The number of urea groups is 1. The molecule has 1 heterocycles. The number of unbranched alkanes of at least 4 members (excludes halogenated alkanes) is 3. The van der Waals surface area contributed by atoms with E-state index < -0.39 is 59.0 Å². The standard InChI is InChI=1S/C44H55N5O9/c1-8-11-12-13-17-22-49(48-41(53)46-42(54)58-43(4,5)6)39(51)34-24-31(23-33(34)38(50)47-44(27-29(44)9-2)40(52)56-10-3)57-37-26-35(28-18-15-14-16-19-28)45-36-25-30(55-7)20-21-32(36)37/h8-9,14-16,18-21,25-26,29,31,33-34H,1-2,10-13,17,22-24,27H2,3-7H3,(H,47,50)(H2,46,48,53,54)/t29-,31-,33-,34-,44-/m1/s1. The highest BCUT2D eigenvalue weighted by molar-refractivity contribution is 5.96. The average molecular weight is 798 g/mol. The van der Waals surface area contributed by atoms with Gasteiger partial charge in [-0.25, -0.2) is 30.1 Å². The summed E-state index contributed by atoms with van der Waals surface area (Å²) in [5.41, 5.74) is 2.49. The molecule has 0 radical (unpaired) electrons. The van der Waals surface area contributed by atoms with Crippen molar-refractivity contribution in [2.24, 2.45) is 17.8 Å². The number of methoxy groups -OCH3 is 1. The van der Waals surface area contributed by atoms with Crippen molar-refractivity contribution >= 4 is 40.8 Å². The molecular formula is C44H55N5O9. The molecule has 3 aromatic rings. The van der Waals surface area contributed by atoms with E-state index in [1.165, 1.54) is 0 Å². The van der Waals surface area contributed by atoms with Crippen LogP contribution in [0.25, 0.3) is 22.2 Å². The minimum absolute atomic E-state index is 0.0939. The predicted octanol–water partition coefficient (Wildman–Crippen LogP) is 7.03. The molecule has 0 spiro atoms. The number of allylic oxidation sites excluding steroid dienone is 1. The summed E-state index contributed by atoms with van der Waals surface area (Å²) in [7, 11) is 1.58. The molecule has 5 amide bonds. The van der Waals surface area contributed by atoms with Gasteiger partial charge in [0.25, 0.3) is 0 Å². The van der Waals surface area contributed by atoms with Crippen molar-refractivity contribution in [2.45, 2.75) is 89.9 Å². The number of esters is 1. The lowest BCUT2D eigenvalue weighted by Crippen LogP contribution is -2.55. The monoisotopic (exact) mass is 797 g/mol. The number of pyridine rings is 1. The highest BCUT2D eigenvalue weighted by Gasteiger charge is 2.62. The molecule has 2 aromatic carbocycles. The number of fused-ring (bicyclic) bond motifs is 1. The first-order chi connectivity index (χ1) is 27.7. The number of ether oxygens (including phenoxy) is 4. The first kappa shape index (κ1) is 43.2. The number of hydrogen-bond donors (Lipinski definition) is 3. The van der Waals surface area contributed by atoms with Crippen LogP contribution in [0.2, 0.25) is 0 Å². The largest absolute Gasteiger partial charge is 0.497 e. The Labute approximate surface area is 339 Å². The van der Waals surface area contributed by atoms with E-state index in [4.69, 9.17) is 23.9 Å². The molecule has 5 atom stereocenters. The molecule has 14 heteroatoms. The Morgan fingerprint density at radius 3 is 2.38 bits per heavy atom. The van der Waals surface area contributed by atoms with Crippen molar-refractivity contribution in [2.75, 3.05) is 20.3 Å². The van der Waals surface area contributed by atoms with Crippen LogP contribution >= 0.6 is 0 Å². The molecule has 0 saturated heterocycles. The number of aromatic nitrogens is 1. The molecular weight excluding hydrogens is 743 g/mol. The van der Waals surface area contributed by atoms with Gasteiger partial charge in [-0.05, 0) is 78.4 Å². The van der Waals surface area contributed by atoms with Crippen LogP contribution < -0.4 is 25.5 Å². The van der Waals surface area contributed by atoms with Crippen molar-refractivity contribution in [3.63, 3.8) is 0 Å². The smallest absolute Gasteiger partial charge is 0.415 e. The number of nitrogens with zero attached hydrogens (tertiary/aromatic N) is 2. The van der Waals surface area contributed by atoms with Gasteiger partial charge in [0.05, 0.1) is 36.8 Å². The van der Waals surface area contributed by atoms with Gasteiger partial charge in [0.1, 0.15) is 28.7 Å². The number of nitrogens with one attached hydrogen (secondary N) is 3. The third-order valence-corrected chi connectivity index (χ3v) is 10.2. The van der Waals surface area contributed by atoms with Gasteiger partial charge < -0.3 is 24.3 Å². The molecule has 5 rings (SSSR count). The summed E-state index contributed by atoms with van der Waals surface area (Å²) in [6.45, 7) is 14.5. The van der Waals surface area contributed by atoms with Crippen LogP contribution in [0.3, 0.4) is 0 Å². The van der Waals surface area contributed by atoms with Crippen LogP contribution in [0, 0.1) is 17.8 Å². The molecule has 0 aliphatic heterocycles. The van der Waals surface area contributed by atoms with Crippen molar-refractivity contribution in [1.29, 1.82) is 0 Å². The third-order valence-electron chi connectivity index (χ3n) is 10.2. The van der Waals surface area contributed by atoms with Gasteiger partial charge in [0, 0.05) is 35.5 Å².